The van der Waals surface area contributed by atoms with Gasteiger partial charge in [-0.3, -0.25) is 9.89 Å². The number of imidazole rings is 1. The number of aryl methyl sites for hydroxylation is 2. The maximum Gasteiger partial charge on any atom is 0.127 e. The first-order valence-electron chi connectivity index (χ1n) is 14.7. The second-order valence-electron chi connectivity index (χ2n) is 11.0. The molecule has 0 spiro atoms. The zero-order chi connectivity index (χ0) is 29.2. The minimum absolute atomic E-state index is 0.313. The van der Waals surface area contributed by atoms with Gasteiger partial charge in [0.05, 0.1) is 29.0 Å². The van der Waals surface area contributed by atoms with E-state index in [0.29, 0.717) is 18.9 Å². The van der Waals surface area contributed by atoms with Gasteiger partial charge in [0.2, 0.25) is 0 Å². The van der Waals surface area contributed by atoms with Crippen LogP contribution in [0.1, 0.15) is 42.5 Å². The van der Waals surface area contributed by atoms with Gasteiger partial charge in [0, 0.05) is 37.1 Å². The van der Waals surface area contributed by atoms with E-state index in [2.05, 4.69) is 33.9 Å². The van der Waals surface area contributed by atoms with E-state index in [1.165, 1.54) is 18.9 Å². The summed E-state index contributed by atoms with van der Waals surface area (Å²) < 4.78 is 22.9. The Hall–Kier alpha value is -4.30. The molecule has 216 valence electrons. The van der Waals surface area contributed by atoms with E-state index in [4.69, 9.17) is 14.7 Å². The Morgan fingerprint density at radius 1 is 1.07 bits per heavy atom. The molecule has 8 heteroatoms. The quantitative estimate of drug-likeness (QED) is 0.202. The monoisotopic (exact) mass is 564 g/mol. The molecule has 0 unspecified atom stereocenters. The van der Waals surface area contributed by atoms with Crippen LogP contribution in [-0.4, -0.2) is 62.9 Å². The second-order valence-corrected chi connectivity index (χ2v) is 11.0. The number of aromatic amines is 1. The fraction of sp³-hybridized carbons (Fsp3) is 0.324. The van der Waals surface area contributed by atoms with Crippen LogP contribution < -0.4 is 4.74 Å². The van der Waals surface area contributed by atoms with E-state index >= 15 is 0 Å². The highest BCUT2D eigenvalue weighted by atomic mass is 19.1. The maximum absolute atomic E-state index is 14.8. The van der Waals surface area contributed by atoms with Gasteiger partial charge in [0.15, 0.2) is 0 Å². The number of rotatable bonds is 9. The van der Waals surface area contributed by atoms with Crippen molar-refractivity contribution in [3.63, 3.8) is 0 Å². The van der Waals surface area contributed by atoms with Crippen LogP contribution in [0.2, 0.25) is 0 Å². The van der Waals surface area contributed by atoms with Gasteiger partial charge in [0.25, 0.3) is 0 Å². The molecule has 1 saturated heterocycles. The van der Waals surface area contributed by atoms with Crippen molar-refractivity contribution in [2.45, 2.75) is 33.6 Å². The highest BCUT2D eigenvalue weighted by molar-refractivity contribution is 6.14. The number of ether oxygens (including phenoxy) is 1. The molecule has 1 aliphatic heterocycles. The Labute approximate surface area is 246 Å². The highest BCUT2D eigenvalue weighted by Crippen LogP contribution is 2.33. The number of hydrogen-bond acceptors (Lipinski definition) is 5. The molecule has 2 aromatic carbocycles. The lowest BCUT2D eigenvalue weighted by molar-refractivity contribution is 0.237. The highest BCUT2D eigenvalue weighted by Gasteiger charge is 2.19. The van der Waals surface area contributed by atoms with Crippen LogP contribution in [0, 0.1) is 19.7 Å². The van der Waals surface area contributed by atoms with Crippen molar-refractivity contribution in [2.24, 2.45) is 12.0 Å². The van der Waals surface area contributed by atoms with Gasteiger partial charge in [0.1, 0.15) is 29.7 Å². The summed E-state index contributed by atoms with van der Waals surface area (Å²) in [4.78, 5) is 20.4. The third-order valence-corrected chi connectivity index (χ3v) is 8.10. The average Bonchev–Trinajstić information content (AvgIpc) is 3.73. The number of aromatic nitrogens is 4. The molecular weight excluding hydrogens is 527 g/mol. The van der Waals surface area contributed by atoms with Crippen LogP contribution in [0.4, 0.5) is 4.39 Å². The molecule has 7 nitrogen and oxygen atoms in total. The van der Waals surface area contributed by atoms with Gasteiger partial charge in [-0.25, -0.2) is 14.4 Å². The molecule has 5 aromatic rings. The van der Waals surface area contributed by atoms with Crippen molar-refractivity contribution in [3.8, 4) is 28.3 Å². The van der Waals surface area contributed by atoms with Crippen LogP contribution in [0.15, 0.2) is 65.8 Å². The topological polar surface area (TPSA) is 71.3 Å². The molecule has 1 aliphatic rings. The number of nitrogens with zero attached hydrogens (tertiary/aromatic N) is 5. The van der Waals surface area contributed by atoms with Crippen LogP contribution >= 0.6 is 0 Å². The predicted octanol–water partition coefficient (Wildman–Crippen LogP) is 6.72. The van der Waals surface area contributed by atoms with Gasteiger partial charge in [-0.05, 0) is 93.7 Å². The van der Waals surface area contributed by atoms with E-state index < -0.39 is 0 Å². The van der Waals surface area contributed by atoms with Gasteiger partial charge >= 0.3 is 0 Å². The number of hydrogen-bond donors (Lipinski definition) is 1. The van der Waals surface area contributed by atoms with Gasteiger partial charge in [-0.2, -0.15) is 0 Å². The summed E-state index contributed by atoms with van der Waals surface area (Å²) in [5.41, 5.74) is 7.96. The summed E-state index contributed by atoms with van der Waals surface area (Å²) in [6.07, 6.45) is 4.33. The van der Waals surface area contributed by atoms with E-state index in [1.807, 2.05) is 62.0 Å². The van der Waals surface area contributed by atoms with Crippen LogP contribution in [-0.2, 0) is 7.05 Å². The molecular formula is C34H37FN6O. The van der Waals surface area contributed by atoms with Crippen LogP contribution in [0.25, 0.3) is 33.4 Å². The Morgan fingerprint density at radius 2 is 1.90 bits per heavy atom. The minimum Gasteiger partial charge on any atom is -0.492 e. The Bertz CT molecular complexity index is 1760. The molecule has 0 amide bonds. The summed E-state index contributed by atoms with van der Waals surface area (Å²) in [7, 11) is 2.00. The van der Waals surface area contributed by atoms with E-state index in [9.17, 15) is 4.39 Å². The molecule has 1 N–H and O–H groups in total. The largest absolute Gasteiger partial charge is 0.492 e. The van der Waals surface area contributed by atoms with E-state index in [-0.39, 0.29) is 5.82 Å². The molecule has 0 saturated carbocycles. The smallest absolute Gasteiger partial charge is 0.127 e. The van der Waals surface area contributed by atoms with Gasteiger partial charge in [-0.1, -0.05) is 18.2 Å². The summed E-state index contributed by atoms with van der Waals surface area (Å²) in [6.45, 7) is 10.3. The lowest BCUT2D eigenvalue weighted by atomic mass is 10.0. The second kappa shape index (κ2) is 11.9. The van der Waals surface area contributed by atoms with Gasteiger partial charge < -0.3 is 14.3 Å². The predicted molar refractivity (Wildman–Crippen MR) is 167 cm³/mol. The minimum atomic E-state index is -0.313. The summed E-state index contributed by atoms with van der Waals surface area (Å²) in [6, 6.07) is 17.2. The summed E-state index contributed by atoms with van der Waals surface area (Å²) in [5, 5.41) is 0.987. The summed E-state index contributed by atoms with van der Waals surface area (Å²) in [5.74, 6) is 1.16. The van der Waals surface area contributed by atoms with Crippen molar-refractivity contribution in [2.75, 3.05) is 32.8 Å². The fourth-order valence-corrected chi connectivity index (χ4v) is 5.73. The van der Waals surface area contributed by atoms with Crippen molar-refractivity contribution in [1.29, 1.82) is 0 Å². The zero-order valence-electron chi connectivity index (χ0n) is 24.7. The number of pyridine rings is 1. The molecule has 1 fully saturated rings. The lowest BCUT2D eigenvalue weighted by Gasteiger charge is -2.15. The standard InChI is InChI=1S/C34H37FN6O/c1-5-36-34(33-22(2)11-12-30(39-33)32-21-37-23(3)40(32)4)31-20-28-27(9-8-10-29(28)38-31)24-17-25(35)19-26(18-24)42-16-15-41-13-6-7-14-41/h8-12,17-21,38H,5-7,13-16H2,1-4H3. The fourth-order valence-electron chi connectivity index (χ4n) is 5.73. The Morgan fingerprint density at radius 3 is 2.67 bits per heavy atom. The van der Waals surface area contributed by atoms with Crippen molar-refractivity contribution >= 4 is 16.6 Å². The zero-order valence-corrected chi connectivity index (χ0v) is 24.7. The molecule has 0 atom stereocenters. The SMILES string of the molecule is CCN=C(c1cc2c(-c3cc(F)cc(OCCN4CCCC4)c3)cccc2[nH]1)c1nc(-c2cnc(C)n2C)ccc1C. The number of halogens is 1. The molecule has 0 aliphatic carbocycles. The van der Waals surface area contributed by atoms with Crippen LogP contribution in [0.3, 0.4) is 0 Å². The molecule has 0 radical (unpaired) electrons. The number of aliphatic imine (C=N–C) groups is 1. The Kier molecular flexibility index (Phi) is 7.89. The van der Waals surface area contributed by atoms with E-state index in [0.717, 1.165) is 81.5 Å². The molecule has 42 heavy (non-hydrogen) atoms. The molecule has 6 rings (SSSR count). The third kappa shape index (κ3) is 5.59. The first-order chi connectivity index (χ1) is 20.4. The normalized spacial score (nSPS) is 14.3. The Balaban J connectivity index is 1.35. The maximum atomic E-state index is 14.8. The first-order valence-corrected chi connectivity index (χ1v) is 14.7. The number of fused-ring (bicyclic) bond motifs is 1. The average molecular weight is 565 g/mol. The first kappa shape index (κ1) is 27.8. The van der Waals surface area contributed by atoms with Gasteiger partial charge in [-0.15, -0.1) is 0 Å². The van der Waals surface area contributed by atoms with Crippen molar-refractivity contribution < 1.29 is 9.13 Å². The number of likely N-dealkylation sites (tertiary alicyclic amines) is 1. The number of H-pyrrole nitrogens is 1. The number of nitrogens with one attached hydrogen (secondary N) is 1. The van der Waals surface area contributed by atoms with Crippen molar-refractivity contribution in [1.82, 2.24) is 24.4 Å². The number of benzene rings is 2. The third-order valence-electron chi connectivity index (χ3n) is 8.10. The van der Waals surface area contributed by atoms with Crippen molar-refractivity contribution in [3.05, 3.63) is 89.4 Å². The molecule has 4 heterocycles. The van der Waals surface area contributed by atoms with Crippen LogP contribution in [0.5, 0.6) is 5.75 Å². The molecule has 3 aromatic heterocycles. The van der Waals surface area contributed by atoms with E-state index in [1.54, 1.807) is 6.07 Å². The summed E-state index contributed by atoms with van der Waals surface area (Å²) >= 11 is 0. The lowest BCUT2D eigenvalue weighted by Crippen LogP contribution is -2.25. The molecule has 0 bridgehead atoms.